The zero-order chi connectivity index (χ0) is 20.3. The fourth-order valence-electron chi connectivity index (χ4n) is 2.86. The first-order valence-corrected chi connectivity index (χ1v) is 8.51. The highest BCUT2D eigenvalue weighted by atomic mass is 19.4. The summed E-state index contributed by atoms with van der Waals surface area (Å²) in [6.45, 7) is 2.11. The number of nitrogens with one attached hydrogen (secondary N) is 1. The van der Waals surface area contributed by atoms with Crippen LogP contribution >= 0.6 is 0 Å². The Morgan fingerprint density at radius 2 is 1.79 bits per heavy atom. The van der Waals surface area contributed by atoms with Crippen molar-refractivity contribution in [3.63, 3.8) is 0 Å². The van der Waals surface area contributed by atoms with Crippen molar-refractivity contribution in [3.8, 4) is 5.69 Å². The number of rotatable bonds is 5. The third kappa shape index (κ3) is 4.21. The molecule has 1 amide bonds. The molecule has 0 aliphatic heterocycles. The van der Waals surface area contributed by atoms with E-state index in [2.05, 4.69) is 10.4 Å². The quantitative estimate of drug-likeness (QED) is 0.659. The maximum atomic E-state index is 13.6. The van der Waals surface area contributed by atoms with E-state index < -0.39 is 29.2 Å². The van der Waals surface area contributed by atoms with E-state index in [1.54, 1.807) is 0 Å². The number of carbonyl (C=O) groups excluding carboxylic acids is 1. The fraction of sp³-hybridized carbons (Fsp3) is 0.200. The Hall–Kier alpha value is -3.16. The highest BCUT2D eigenvalue weighted by Crippen LogP contribution is 2.33. The molecule has 0 unspecified atom stereocenters. The second-order valence-electron chi connectivity index (χ2n) is 6.23. The van der Waals surface area contributed by atoms with Gasteiger partial charge in [-0.3, -0.25) is 4.79 Å². The van der Waals surface area contributed by atoms with Gasteiger partial charge in [-0.2, -0.15) is 18.3 Å². The van der Waals surface area contributed by atoms with Crippen LogP contribution < -0.4 is 5.32 Å². The highest BCUT2D eigenvalue weighted by molar-refractivity contribution is 5.95. The Kier molecular flexibility index (Phi) is 5.48. The van der Waals surface area contributed by atoms with E-state index in [0.29, 0.717) is 11.1 Å². The standard InChI is InChI=1S/C20H17F4N3O/c1-13-4-2-3-5-14(13)10-11-25-19(28)17-12-26-27(18(17)20(22,23)24)16-8-6-15(21)7-9-16/h2-9,12H,10-11H2,1H3,(H,25,28). The number of alkyl halides is 3. The Morgan fingerprint density at radius 1 is 1.11 bits per heavy atom. The summed E-state index contributed by atoms with van der Waals surface area (Å²) < 4.78 is 54.4. The third-order valence-electron chi connectivity index (χ3n) is 4.29. The van der Waals surface area contributed by atoms with Gasteiger partial charge in [-0.1, -0.05) is 24.3 Å². The minimum atomic E-state index is -4.81. The molecule has 0 aliphatic carbocycles. The maximum absolute atomic E-state index is 13.6. The molecule has 0 fully saturated rings. The monoisotopic (exact) mass is 391 g/mol. The lowest BCUT2D eigenvalue weighted by Gasteiger charge is -2.13. The second-order valence-corrected chi connectivity index (χ2v) is 6.23. The van der Waals surface area contributed by atoms with Crippen LogP contribution in [0.15, 0.2) is 54.7 Å². The van der Waals surface area contributed by atoms with Gasteiger partial charge in [0, 0.05) is 6.54 Å². The first-order valence-electron chi connectivity index (χ1n) is 8.51. The number of hydrogen-bond acceptors (Lipinski definition) is 2. The number of benzene rings is 2. The van der Waals surface area contributed by atoms with Gasteiger partial charge in [0.2, 0.25) is 0 Å². The van der Waals surface area contributed by atoms with Crippen molar-refractivity contribution >= 4 is 5.91 Å². The molecule has 0 saturated heterocycles. The zero-order valence-electron chi connectivity index (χ0n) is 14.9. The summed E-state index contributed by atoms with van der Waals surface area (Å²) in [7, 11) is 0. The molecule has 2 aromatic carbocycles. The van der Waals surface area contributed by atoms with Crippen LogP contribution in [-0.4, -0.2) is 22.2 Å². The topological polar surface area (TPSA) is 46.9 Å². The molecule has 0 bridgehead atoms. The minimum absolute atomic E-state index is 0.00712. The predicted octanol–water partition coefficient (Wildman–Crippen LogP) is 4.31. The average molecular weight is 391 g/mol. The Labute approximate surface area is 158 Å². The van der Waals surface area contributed by atoms with Crippen LogP contribution in [0, 0.1) is 12.7 Å². The molecule has 1 heterocycles. The third-order valence-corrected chi connectivity index (χ3v) is 4.29. The molecule has 3 aromatic rings. The number of carbonyl (C=O) groups is 1. The lowest BCUT2D eigenvalue weighted by molar-refractivity contribution is -0.143. The summed E-state index contributed by atoms with van der Waals surface area (Å²) in [5.74, 6) is -1.45. The van der Waals surface area contributed by atoms with Crippen LogP contribution in [0.4, 0.5) is 17.6 Å². The van der Waals surface area contributed by atoms with Crippen molar-refractivity contribution in [1.82, 2.24) is 15.1 Å². The van der Waals surface area contributed by atoms with E-state index in [0.717, 1.165) is 41.6 Å². The van der Waals surface area contributed by atoms with Gasteiger partial charge in [0.15, 0.2) is 5.69 Å². The molecule has 0 atom stereocenters. The molecule has 0 spiro atoms. The Morgan fingerprint density at radius 3 is 2.43 bits per heavy atom. The molecule has 146 valence electrons. The molecule has 0 saturated carbocycles. The van der Waals surface area contributed by atoms with E-state index in [4.69, 9.17) is 0 Å². The van der Waals surface area contributed by atoms with E-state index in [9.17, 15) is 22.4 Å². The molecule has 1 aromatic heterocycles. The van der Waals surface area contributed by atoms with Gasteiger partial charge in [0.1, 0.15) is 5.82 Å². The smallest absolute Gasteiger partial charge is 0.352 e. The van der Waals surface area contributed by atoms with E-state index in [-0.39, 0.29) is 12.2 Å². The van der Waals surface area contributed by atoms with Crippen molar-refractivity contribution < 1.29 is 22.4 Å². The number of amides is 1. The molecule has 4 nitrogen and oxygen atoms in total. The first kappa shape index (κ1) is 19.6. The second kappa shape index (κ2) is 7.84. The Bertz CT molecular complexity index is 978. The van der Waals surface area contributed by atoms with Crippen molar-refractivity contribution in [3.05, 3.63) is 82.9 Å². The van der Waals surface area contributed by atoms with Gasteiger partial charge in [-0.05, 0) is 48.7 Å². The summed E-state index contributed by atoms with van der Waals surface area (Å²) >= 11 is 0. The van der Waals surface area contributed by atoms with Crippen LogP contribution in [0.5, 0.6) is 0 Å². The summed E-state index contributed by atoms with van der Waals surface area (Å²) in [6, 6.07) is 11.9. The molecular formula is C20H17F4N3O. The van der Waals surface area contributed by atoms with Crippen LogP contribution in [-0.2, 0) is 12.6 Å². The van der Waals surface area contributed by atoms with Gasteiger partial charge < -0.3 is 5.32 Å². The lowest BCUT2D eigenvalue weighted by atomic mass is 10.1. The summed E-state index contributed by atoms with van der Waals surface area (Å²) in [6.07, 6.45) is -3.45. The fourth-order valence-corrected chi connectivity index (χ4v) is 2.86. The number of nitrogens with zero attached hydrogens (tertiary/aromatic N) is 2. The molecule has 0 aliphatic rings. The van der Waals surface area contributed by atoms with Gasteiger partial charge >= 0.3 is 6.18 Å². The van der Waals surface area contributed by atoms with Gasteiger partial charge in [0.05, 0.1) is 17.4 Å². The van der Waals surface area contributed by atoms with Gasteiger partial charge in [-0.25, -0.2) is 9.07 Å². The predicted molar refractivity (Wildman–Crippen MR) is 95.7 cm³/mol. The van der Waals surface area contributed by atoms with Crippen molar-refractivity contribution in [2.75, 3.05) is 6.54 Å². The number of aryl methyl sites for hydroxylation is 1. The Balaban J connectivity index is 1.82. The number of halogens is 4. The van der Waals surface area contributed by atoms with E-state index in [1.165, 1.54) is 0 Å². The van der Waals surface area contributed by atoms with Crippen LogP contribution in [0.2, 0.25) is 0 Å². The number of aromatic nitrogens is 2. The summed E-state index contributed by atoms with van der Waals surface area (Å²) in [5.41, 5.74) is 0.263. The van der Waals surface area contributed by atoms with Crippen LogP contribution in [0.1, 0.15) is 27.2 Å². The van der Waals surface area contributed by atoms with Crippen molar-refractivity contribution in [2.45, 2.75) is 19.5 Å². The van der Waals surface area contributed by atoms with Crippen molar-refractivity contribution in [1.29, 1.82) is 0 Å². The molecular weight excluding hydrogens is 374 g/mol. The van der Waals surface area contributed by atoms with E-state index >= 15 is 0 Å². The SMILES string of the molecule is Cc1ccccc1CCNC(=O)c1cnn(-c2ccc(F)cc2)c1C(F)(F)F. The summed E-state index contributed by atoms with van der Waals surface area (Å²) in [4.78, 5) is 12.4. The first-order chi connectivity index (χ1) is 13.3. The van der Waals surface area contributed by atoms with Gasteiger partial charge in [0.25, 0.3) is 5.91 Å². The minimum Gasteiger partial charge on any atom is -0.352 e. The zero-order valence-corrected chi connectivity index (χ0v) is 14.9. The number of hydrogen-bond donors (Lipinski definition) is 1. The molecule has 8 heteroatoms. The van der Waals surface area contributed by atoms with Crippen LogP contribution in [0.3, 0.4) is 0 Å². The largest absolute Gasteiger partial charge is 0.434 e. The molecule has 3 rings (SSSR count). The lowest BCUT2D eigenvalue weighted by Crippen LogP contribution is -2.28. The highest BCUT2D eigenvalue weighted by Gasteiger charge is 2.40. The molecule has 28 heavy (non-hydrogen) atoms. The summed E-state index contributed by atoms with van der Waals surface area (Å²) in [5, 5.41) is 6.21. The maximum Gasteiger partial charge on any atom is 0.434 e. The van der Waals surface area contributed by atoms with Crippen molar-refractivity contribution in [2.24, 2.45) is 0 Å². The van der Waals surface area contributed by atoms with Crippen LogP contribution in [0.25, 0.3) is 5.69 Å². The molecule has 1 N–H and O–H groups in total. The van der Waals surface area contributed by atoms with E-state index in [1.807, 2.05) is 31.2 Å². The average Bonchev–Trinajstić information content (AvgIpc) is 3.09. The molecule has 0 radical (unpaired) electrons. The van der Waals surface area contributed by atoms with Gasteiger partial charge in [-0.15, -0.1) is 0 Å². The normalized spacial score (nSPS) is 11.5.